The first kappa shape index (κ1) is 13.5. The smallest absolute Gasteiger partial charge is 0.410 e. The van der Waals surface area contributed by atoms with Crippen LogP contribution in [0.3, 0.4) is 0 Å². The number of carbonyl (C=O) groups is 1. The van der Waals surface area contributed by atoms with E-state index in [4.69, 9.17) is 27.9 Å². The summed E-state index contributed by atoms with van der Waals surface area (Å²) >= 11 is 11.9. The molecule has 0 bridgehead atoms. The Labute approximate surface area is 117 Å². The summed E-state index contributed by atoms with van der Waals surface area (Å²) in [6, 6.07) is 5.54. The molecule has 98 valence electrons. The van der Waals surface area contributed by atoms with Crippen molar-refractivity contribution in [1.29, 1.82) is 0 Å². The predicted octanol–water partition coefficient (Wildman–Crippen LogP) is 4.29. The van der Waals surface area contributed by atoms with Crippen LogP contribution >= 0.6 is 23.2 Å². The van der Waals surface area contributed by atoms with Crippen molar-refractivity contribution in [3.63, 3.8) is 0 Å². The fourth-order valence-corrected chi connectivity index (χ4v) is 2.56. The molecule has 1 saturated heterocycles. The van der Waals surface area contributed by atoms with E-state index >= 15 is 0 Å². The third kappa shape index (κ3) is 2.73. The maximum absolute atomic E-state index is 11.8. The van der Waals surface area contributed by atoms with Gasteiger partial charge in [-0.25, -0.2) is 4.79 Å². The van der Waals surface area contributed by atoms with E-state index in [1.807, 2.05) is 19.1 Å². The third-order valence-corrected chi connectivity index (χ3v) is 3.82. The molecule has 3 nitrogen and oxygen atoms in total. The maximum Gasteiger partial charge on any atom is 0.410 e. The SMILES string of the molecule is CCOC(=O)N1CCCC1c1ccc(Cl)c(Cl)c1. The minimum atomic E-state index is -0.258. The van der Waals surface area contributed by atoms with Crippen LogP contribution in [0.1, 0.15) is 31.4 Å². The molecule has 1 aromatic rings. The van der Waals surface area contributed by atoms with Gasteiger partial charge in [0.2, 0.25) is 0 Å². The van der Waals surface area contributed by atoms with E-state index in [2.05, 4.69) is 0 Å². The summed E-state index contributed by atoms with van der Waals surface area (Å²) in [5.41, 5.74) is 1.01. The molecule has 0 aliphatic carbocycles. The monoisotopic (exact) mass is 287 g/mol. The molecule has 1 amide bonds. The van der Waals surface area contributed by atoms with Crippen LogP contribution < -0.4 is 0 Å². The Bertz CT molecular complexity index is 451. The van der Waals surface area contributed by atoms with Gasteiger partial charge in [-0.2, -0.15) is 0 Å². The zero-order valence-corrected chi connectivity index (χ0v) is 11.7. The van der Waals surface area contributed by atoms with E-state index in [9.17, 15) is 4.79 Å². The highest BCUT2D eigenvalue weighted by Crippen LogP contribution is 2.35. The van der Waals surface area contributed by atoms with Gasteiger partial charge in [0.1, 0.15) is 0 Å². The van der Waals surface area contributed by atoms with Crippen molar-refractivity contribution in [2.24, 2.45) is 0 Å². The molecule has 1 fully saturated rings. The Morgan fingerprint density at radius 3 is 2.89 bits per heavy atom. The average molecular weight is 288 g/mol. The Morgan fingerprint density at radius 1 is 1.44 bits per heavy atom. The molecule has 1 aliphatic rings. The zero-order chi connectivity index (χ0) is 13.1. The maximum atomic E-state index is 11.8. The third-order valence-electron chi connectivity index (χ3n) is 3.08. The van der Waals surface area contributed by atoms with Crippen LogP contribution in [0.25, 0.3) is 0 Å². The molecule has 1 atom stereocenters. The number of likely N-dealkylation sites (tertiary alicyclic amines) is 1. The lowest BCUT2D eigenvalue weighted by atomic mass is 10.1. The van der Waals surface area contributed by atoms with Crippen molar-refractivity contribution in [3.8, 4) is 0 Å². The molecular formula is C13H15Cl2NO2. The van der Waals surface area contributed by atoms with Gasteiger partial charge in [-0.1, -0.05) is 29.3 Å². The van der Waals surface area contributed by atoms with E-state index < -0.39 is 0 Å². The molecule has 0 N–H and O–H groups in total. The minimum Gasteiger partial charge on any atom is -0.450 e. The number of rotatable bonds is 2. The minimum absolute atomic E-state index is 0.0406. The van der Waals surface area contributed by atoms with Crippen molar-refractivity contribution in [2.45, 2.75) is 25.8 Å². The van der Waals surface area contributed by atoms with Gasteiger partial charge in [0, 0.05) is 6.54 Å². The van der Waals surface area contributed by atoms with Crippen LogP contribution in [0.4, 0.5) is 4.79 Å². The number of hydrogen-bond acceptors (Lipinski definition) is 2. The highest BCUT2D eigenvalue weighted by molar-refractivity contribution is 6.42. The first-order chi connectivity index (χ1) is 8.63. The summed E-state index contributed by atoms with van der Waals surface area (Å²) in [5.74, 6) is 0. The van der Waals surface area contributed by atoms with Crippen LogP contribution in [-0.4, -0.2) is 24.1 Å². The van der Waals surface area contributed by atoms with Crippen molar-refractivity contribution < 1.29 is 9.53 Å². The summed E-state index contributed by atoms with van der Waals surface area (Å²) in [4.78, 5) is 13.6. The molecule has 1 aromatic carbocycles. The van der Waals surface area contributed by atoms with Crippen molar-refractivity contribution in [1.82, 2.24) is 4.90 Å². The van der Waals surface area contributed by atoms with Gasteiger partial charge in [0.05, 0.1) is 22.7 Å². The summed E-state index contributed by atoms with van der Waals surface area (Å²) < 4.78 is 5.06. The molecule has 0 saturated carbocycles. The topological polar surface area (TPSA) is 29.5 Å². The van der Waals surface area contributed by atoms with Crippen LogP contribution in [0, 0.1) is 0 Å². The van der Waals surface area contributed by atoms with E-state index in [0.29, 0.717) is 16.7 Å². The molecule has 18 heavy (non-hydrogen) atoms. The summed E-state index contributed by atoms with van der Waals surface area (Å²) in [7, 11) is 0. The van der Waals surface area contributed by atoms with E-state index in [1.165, 1.54) is 0 Å². The second-order valence-corrected chi connectivity index (χ2v) is 5.04. The molecule has 1 unspecified atom stereocenters. The number of carbonyl (C=O) groups excluding carboxylic acids is 1. The van der Waals surface area contributed by atoms with Crippen LogP contribution in [-0.2, 0) is 4.74 Å². The van der Waals surface area contributed by atoms with Crippen LogP contribution in [0.2, 0.25) is 10.0 Å². The number of halogens is 2. The molecule has 2 rings (SSSR count). The van der Waals surface area contributed by atoms with E-state index in [0.717, 1.165) is 24.9 Å². The Morgan fingerprint density at radius 2 is 2.22 bits per heavy atom. The van der Waals surface area contributed by atoms with Gasteiger partial charge >= 0.3 is 6.09 Å². The Kier molecular flexibility index (Phi) is 4.36. The lowest BCUT2D eigenvalue weighted by Gasteiger charge is -2.24. The van der Waals surface area contributed by atoms with Gasteiger partial charge < -0.3 is 9.64 Å². The lowest BCUT2D eigenvalue weighted by Crippen LogP contribution is -2.31. The number of nitrogens with zero attached hydrogens (tertiary/aromatic N) is 1. The van der Waals surface area contributed by atoms with Crippen molar-refractivity contribution in [2.75, 3.05) is 13.2 Å². The van der Waals surface area contributed by atoms with Crippen molar-refractivity contribution in [3.05, 3.63) is 33.8 Å². The molecule has 1 aliphatic heterocycles. The van der Waals surface area contributed by atoms with Gasteiger partial charge in [-0.3, -0.25) is 0 Å². The molecule has 0 radical (unpaired) electrons. The lowest BCUT2D eigenvalue weighted by molar-refractivity contribution is 0.103. The Balaban J connectivity index is 2.20. The molecule has 0 spiro atoms. The molecule has 0 aromatic heterocycles. The van der Waals surface area contributed by atoms with Gasteiger partial charge in [-0.05, 0) is 37.5 Å². The fourth-order valence-electron chi connectivity index (χ4n) is 2.26. The van der Waals surface area contributed by atoms with Crippen molar-refractivity contribution >= 4 is 29.3 Å². The highest BCUT2D eigenvalue weighted by Gasteiger charge is 2.31. The van der Waals surface area contributed by atoms with Gasteiger partial charge in [0.25, 0.3) is 0 Å². The molecular weight excluding hydrogens is 273 g/mol. The molecule has 5 heteroatoms. The van der Waals surface area contributed by atoms with Crippen LogP contribution in [0.5, 0.6) is 0 Å². The molecule has 1 heterocycles. The number of benzene rings is 1. The normalized spacial score (nSPS) is 19.1. The fraction of sp³-hybridized carbons (Fsp3) is 0.462. The summed E-state index contributed by atoms with van der Waals surface area (Å²) in [6.07, 6.45) is 1.65. The van der Waals surface area contributed by atoms with E-state index in [1.54, 1.807) is 11.0 Å². The van der Waals surface area contributed by atoms with Gasteiger partial charge in [0.15, 0.2) is 0 Å². The second-order valence-electron chi connectivity index (χ2n) is 4.22. The number of hydrogen-bond donors (Lipinski definition) is 0. The predicted molar refractivity (Wildman–Crippen MR) is 72.2 cm³/mol. The number of ether oxygens (including phenoxy) is 1. The summed E-state index contributed by atoms with van der Waals surface area (Å²) in [5, 5.41) is 1.05. The van der Waals surface area contributed by atoms with Crippen LogP contribution in [0.15, 0.2) is 18.2 Å². The van der Waals surface area contributed by atoms with Gasteiger partial charge in [-0.15, -0.1) is 0 Å². The standard InChI is InChI=1S/C13H15Cl2NO2/c1-2-18-13(17)16-7-3-4-12(16)9-5-6-10(14)11(15)8-9/h5-6,8,12H,2-4,7H2,1H3. The second kappa shape index (κ2) is 5.81. The number of amides is 1. The zero-order valence-electron chi connectivity index (χ0n) is 10.2. The first-order valence-electron chi connectivity index (χ1n) is 6.01. The average Bonchev–Trinajstić information content (AvgIpc) is 2.82. The Hall–Kier alpha value is -0.930. The van der Waals surface area contributed by atoms with E-state index in [-0.39, 0.29) is 12.1 Å². The summed E-state index contributed by atoms with van der Waals surface area (Å²) in [6.45, 7) is 2.93. The highest BCUT2D eigenvalue weighted by atomic mass is 35.5. The quantitative estimate of drug-likeness (QED) is 0.812. The first-order valence-corrected chi connectivity index (χ1v) is 6.77. The largest absolute Gasteiger partial charge is 0.450 e.